The second-order valence-corrected chi connectivity index (χ2v) is 5.41. The fourth-order valence-corrected chi connectivity index (χ4v) is 3.03. The van der Waals surface area contributed by atoms with Gasteiger partial charge >= 0.3 is 0 Å². The highest BCUT2D eigenvalue weighted by atomic mass is 19.1. The van der Waals surface area contributed by atoms with Crippen LogP contribution in [-0.2, 0) is 0 Å². The van der Waals surface area contributed by atoms with Gasteiger partial charge in [0.15, 0.2) is 0 Å². The van der Waals surface area contributed by atoms with Crippen LogP contribution in [-0.4, -0.2) is 14.8 Å². The summed E-state index contributed by atoms with van der Waals surface area (Å²) in [5.41, 5.74) is 1.81. The van der Waals surface area contributed by atoms with Crippen LogP contribution < -0.4 is 5.32 Å². The first-order chi connectivity index (χ1) is 10.8. The first-order valence-electron chi connectivity index (χ1n) is 7.28. The van der Waals surface area contributed by atoms with E-state index in [2.05, 4.69) is 27.5 Å². The molecule has 0 saturated carbocycles. The zero-order valence-corrected chi connectivity index (χ0v) is 11.9. The van der Waals surface area contributed by atoms with Gasteiger partial charge < -0.3 is 5.32 Å². The molecule has 0 radical (unpaired) electrons. The maximum Gasteiger partial charge on any atom is 0.222 e. The SMILES string of the molecule is Fc1ccccc1C1CC(c2ccccc2)Nc2ncnn21. The molecule has 0 fully saturated rings. The predicted octanol–water partition coefficient (Wildman–Crippen LogP) is 3.56. The molecular formula is C17H15FN4. The molecule has 4 nitrogen and oxygen atoms in total. The maximum absolute atomic E-state index is 14.2. The summed E-state index contributed by atoms with van der Waals surface area (Å²) in [6.45, 7) is 0. The number of hydrogen-bond donors (Lipinski definition) is 1. The quantitative estimate of drug-likeness (QED) is 0.786. The van der Waals surface area contributed by atoms with Crippen LogP contribution in [0.5, 0.6) is 0 Å². The number of nitrogens with zero attached hydrogens (tertiary/aromatic N) is 3. The molecular weight excluding hydrogens is 279 g/mol. The molecule has 0 saturated heterocycles. The summed E-state index contributed by atoms with van der Waals surface area (Å²) < 4.78 is 16.0. The third-order valence-electron chi connectivity index (χ3n) is 4.10. The zero-order chi connectivity index (χ0) is 14.9. The van der Waals surface area contributed by atoms with Crippen LogP contribution in [0.4, 0.5) is 10.3 Å². The molecule has 4 rings (SSSR count). The Kier molecular flexibility index (Phi) is 3.11. The zero-order valence-electron chi connectivity index (χ0n) is 11.9. The van der Waals surface area contributed by atoms with Gasteiger partial charge in [0.25, 0.3) is 0 Å². The normalized spacial score (nSPS) is 20.2. The molecule has 1 aliphatic heterocycles. The Morgan fingerprint density at radius 3 is 2.64 bits per heavy atom. The van der Waals surface area contributed by atoms with Gasteiger partial charge in [-0.1, -0.05) is 48.5 Å². The van der Waals surface area contributed by atoms with E-state index < -0.39 is 0 Å². The molecule has 0 aliphatic carbocycles. The minimum absolute atomic E-state index is 0.0857. The van der Waals surface area contributed by atoms with Crippen LogP contribution >= 0.6 is 0 Å². The Morgan fingerprint density at radius 2 is 1.82 bits per heavy atom. The van der Waals surface area contributed by atoms with Crippen molar-refractivity contribution in [2.45, 2.75) is 18.5 Å². The van der Waals surface area contributed by atoms with E-state index in [9.17, 15) is 4.39 Å². The van der Waals surface area contributed by atoms with Crippen LogP contribution in [0.3, 0.4) is 0 Å². The van der Waals surface area contributed by atoms with E-state index in [-0.39, 0.29) is 17.9 Å². The Morgan fingerprint density at radius 1 is 1.05 bits per heavy atom. The van der Waals surface area contributed by atoms with Gasteiger partial charge in [-0.15, -0.1) is 0 Å². The van der Waals surface area contributed by atoms with Crippen molar-refractivity contribution >= 4 is 5.95 Å². The molecule has 0 bridgehead atoms. The van der Waals surface area contributed by atoms with Crippen molar-refractivity contribution in [2.75, 3.05) is 5.32 Å². The van der Waals surface area contributed by atoms with Crippen molar-refractivity contribution < 1.29 is 4.39 Å². The van der Waals surface area contributed by atoms with Crippen molar-refractivity contribution in [3.63, 3.8) is 0 Å². The number of hydrogen-bond acceptors (Lipinski definition) is 3. The Bertz CT molecular complexity index is 784. The number of aromatic nitrogens is 3. The number of nitrogens with one attached hydrogen (secondary N) is 1. The summed E-state index contributed by atoms with van der Waals surface area (Å²) in [6, 6.07) is 16.9. The van der Waals surface area contributed by atoms with Gasteiger partial charge in [0, 0.05) is 5.56 Å². The topological polar surface area (TPSA) is 42.7 Å². The summed E-state index contributed by atoms with van der Waals surface area (Å²) in [5.74, 6) is 0.469. The van der Waals surface area contributed by atoms with Gasteiger partial charge in [0.1, 0.15) is 12.1 Å². The van der Waals surface area contributed by atoms with Crippen molar-refractivity contribution in [1.82, 2.24) is 14.8 Å². The minimum atomic E-state index is -0.206. The Hall–Kier alpha value is -2.69. The summed E-state index contributed by atoms with van der Waals surface area (Å²) in [4.78, 5) is 4.26. The third kappa shape index (κ3) is 2.15. The van der Waals surface area contributed by atoms with Crippen molar-refractivity contribution in [3.8, 4) is 0 Å². The van der Waals surface area contributed by atoms with Gasteiger partial charge in [0.2, 0.25) is 5.95 Å². The average molecular weight is 294 g/mol. The van der Waals surface area contributed by atoms with Gasteiger partial charge in [-0.05, 0) is 18.1 Å². The van der Waals surface area contributed by atoms with E-state index in [1.165, 1.54) is 12.4 Å². The molecule has 2 unspecified atom stereocenters. The van der Waals surface area contributed by atoms with Crippen LogP contribution in [0.2, 0.25) is 0 Å². The highest BCUT2D eigenvalue weighted by molar-refractivity contribution is 5.38. The standard InChI is InChI=1S/C17H15FN4/c18-14-9-5-4-8-13(14)16-10-15(12-6-2-1-3-7-12)21-17-19-11-20-22(16)17/h1-9,11,15-16H,10H2,(H,19,20,21). The minimum Gasteiger partial charge on any atom is -0.348 e. The first-order valence-corrected chi connectivity index (χ1v) is 7.28. The molecule has 5 heteroatoms. The van der Waals surface area contributed by atoms with E-state index in [1.54, 1.807) is 10.7 Å². The second kappa shape index (κ2) is 5.26. The number of anilines is 1. The van der Waals surface area contributed by atoms with Crippen LogP contribution in [0, 0.1) is 5.82 Å². The van der Waals surface area contributed by atoms with Crippen LogP contribution in [0.15, 0.2) is 60.9 Å². The molecule has 2 heterocycles. The van der Waals surface area contributed by atoms with Gasteiger partial charge in [0.05, 0.1) is 12.1 Å². The highest BCUT2D eigenvalue weighted by Crippen LogP contribution is 2.37. The lowest BCUT2D eigenvalue weighted by atomic mass is 9.93. The molecule has 2 aromatic carbocycles. The molecule has 22 heavy (non-hydrogen) atoms. The molecule has 0 spiro atoms. The van der Waals surface area contributed by atoms with E-state index in [0.29, 0.717) is 11.5 Å². The molecule has 2 atom stereocenters. The lowest BCUT2D eigenvalue weighted by molar-refractivity contribution is 0.416. The smallest absolute Gasteiger partial charge is 0.222 e. The number of halogens is 1. The average Bonchev–Trinajstić information content (AvgIpc) is 3.04. The molecule has 1 aromatic heterocycles. The van der Waals surface area contributed by atoms with E-state index >= 15 is 0 Å². The van der Waals surface area contributed by atoms with Crippen molar-refractivity contribution in [1.29, 1.82) is 0 Å². The van der Waals surface area contributed by atoms with Crippen molar-refractivity contribution in [3.05, 3.63) is 77.9 Å². The highest BCUT2D eigenvalue weighted by Gasteiger charge is 2.31. The first kappa shape index (κ1) is 13.0. The molecule has 1 aliphatic rings. The third-order valence-corrected chi connectivity index (χ3v) is 4.10. The monoisotopic (exact) mass is 294 g/mol. The Balaban J connectivity index is 1.77. The number of rotatable bonds is 2. The summed E-state index contributed by atoms with van der Waals surface area (Å²) in [7, 11) is 0. The fraction of sp³-hybridized carbons (Fsp3) is 0.176. The fourth-order valence-electron chi connectivity index (χ4n) is 3.03. The van der Waals surface area contributed by atoms with Gasteiger partial charge in [-0.3, -0.25) is 0 Å². The molecule has 3 aromatic rings. The number of benzene rings is 2. The lowest BCUT2D eigenvalue weighted by Gasteiger charge is -2.31. The summed E-state index contributed by atoms with van der Waals surface area (Å²) in [5, 5.41) is 7.64. The van der Waals surface area contributed by atoms with E-state index in [1.807, 2.05) is 30.3 Å². The van der Waals surface area contributed by atoms with Gasteiger partial charge in [-0.25, -0.2) is 9.07 Å². The van der Waals surface area contributed by atoms with E-state index in [4.69, 9.17) is 0 Å². The largest absolute Gasteiger partial charge is 0.348 e. The van der Waals surface area contributed by atoms with E-state index in [0.717, 1.165) is 12.0 Å². The number of fused-ring (bicyclic) bond motifs is 1. The van der Waals surface area contributed by atoms with Crippen LogP contribution in [0.25, 0.3) is 0 Å². The second-order valence-electron chi connectivity index (χ2n) is 5.41. The summed E-state index contributed by atoms with van der Waals surface area (Å²) >= 11 is 0. The van der Waals surface area contributed by atoms with Gasteiger partial charge in [-0.2, -0.15) is 10.1 Å². The molecule has 110 valence electrons. The van der Waals surface area contributed by atoms with Crippen molar-refractivity contribution in [2.24, 2.45) is 0 Å². The summed E-state index contributed by atoms with van der Waals surface area (Å²) in [6.07, 6.45) is 2.23. The predicted molar refractivity (Wildman–Crippen MR) is 82.0 cm³/mol. The maximum atomic E-state index is 14.2. The van der Waals surface area contributed by atoms with Crippen LogP contribution in [0.1, 0.15) is 29.6 Å². The molecule has 1 N–H and O–H groups in total. The Labute approximate surface area is 127 Å². The molecule has 0 amide bonds. The lowest BCUT2D eigenvalue weighted by Crippen LogP contribution is -2.28.